The maximum atomic E-state index is 3.49. The Labute approximate surface area is 107 Å². The Balaban J connectivity index is 1.56. The second-order valence-electron chi connectivity index (χ2n) is 6.66. The van der Waals surface area contributed by atoms with Crippen molar-refractivity contribution >= 4 is 0 Å². The summed E-state index contributed by atoms with van der Waals surface area (Å²) in [5, 5.41) is 3.49. The first-order valence-corrected chi connectivity index (χ1v) is 7.57. The van der Waals surface area contributed by atoms with E-state index in [1.54, 1.807) is 6.42 Å². The molecule has 2 heteroatoms. The van der Waals surface area contributed by atoms with Gasteiger partial charge in [-0.25, -0.2) is 0 Å². The number of nitrogens with zero attached hydrogens (tertiary/aromatic N) is 1. The predicted octanol–water partition coefficient (Wildman–Crippen LogP) is 2.74. The molecule has 17 heavy (non-hydrogen) atoms. The molecule has 3 unspecified atom stereocenters. The molecule has 100 valence electrons. The van der Waals surface area contributed by atoms with Crippen LogP contribution in [0.4, 0.5) is 0 Å². The van der Waals surface area contributed by atoms with Crippen LogP contribution >= 0.6 is 0 Å². The quantitative estimate of drug-likeness (QED) is 0.686. The first kappa shape index (κ1) is 13.4. The Morgan fingerprint density at radius 2 is 2.06 bits per heavy atom. The van der Waals surface area contributed by atoms with E-state index in [0.29, 0.717) is 6.04 Å². The van der Waals surface area contributed by atoms with E-state index < -0.39 is 0 Å². The van der Waals surface area contributed by atoms with Gasteiger partial charge in [-0.05, 0) is 63.6 Å². The molecule has 2 aliphatic carbocycles. The maximum Gasteiger partial charge on any atom is 0.00103 e. The molecule has 0 saturated heterocycles. The van der Waals surface area contributed by atoms with Gasteiger partial charge < -0.3 is 10.2 Å². The molecule has 2 aliphatic rings. The second-order valence-corrected chi connectivity index (χ2v) is 6.66. The summed E-state index contributed by atoms with van der Waals surface area (Å²) in [5.41, 5.74) is 0. The molecule has 2 bridgehead atoms. The van der Waals surface area contributed by atoms with E-state index in [1.807, 2.05) is 0 Å². The number of nitrogens with one attached hydrogen (secondary N) is 1. The van der Waals surface area contributed by atoms with Gasteiger partial charge in [0.1, 0.15) is 0 Å². The molecular formula is C15H30N2. The van der Waals surface area contributed by atoms with Gasteiger partial charge in [0.2, 0.25) is 0 Å². The molecule has 0 aromatic carbocycles. The minimum atomic E-state index is 0.630. The lowest BCUT2D eigenvalue weighted by Gasteiger charge is -2.27. The standard InChI is InChI=1S/C15H30N2/c1-12(2)16-7-4-8-17(3)11-15-10-13-5-6-14(15)9-13/h12-16H,4-11H2,1-3H3. The van der Waals surface area contributed by atoms with Gasteiger partial charge in [-0.1, -0.05) is 20.3 Å². The third-order valence-corrected chi connectivity index (χ3v) is 4.70. The summed E-state index contributed by atoms with van der Waals surface area (Å²) < 4.78 is 0. The molecule has 2 rings (SSSR count). The van der Waals surface area contributed by atoms with Crippen molar-refractivity contribution in [2.24, 2.45) is 17.8 Å². The van der Waals surface area contributed by atoms with Crippen molar-refractivity contribution in [2.75, 3.05) is 26.7 Å². The van der Waals surface area contributed by atoms with E-state index in [1.165, 1.54) is 45.3 Å². The van der Waals surface area contributed by atoms with Crippen LogP contribution in [0.25, 0.3) is 0 Å². The fourth-order valence-electron chi connectivity index (χ4n) is 3.83. The van der Waals surface area contributed by atoms with E-state index in [2.05, 4.69) is 31.1 Å². The Morgan fingerprint density at radius 1 is 1.24 bits per heavy atom. The van der Waals surface area contributed by atoms with Gasteiger partial charge in [0.15, 0.2) is 0 Å². The fourth-order valence-corrected chi connectivity index (χ4v) is 3.83. The Bertz CT molecular complexity index is 227. The minimum Gasteiger partial charge on any atom is -0.314 e. The summed E-state index contributed by atoms with van der Waals surface area (Å²) in [5.74, 6) is 3.20. The molecule has 2 nitrogen and oxygen atoms in total. The molecule has 0 spiro atoms. The molecule has 0 heterocycles. The van der Waals surface area contributed by atoms with Gasteiger partial charge in [0.05, 0.1) is 0 Å². The van der Waals surface area contributed by atoms with Crippen molar-refractivity contribution in [1.29, 1.82) is 0 Å². The second kappa shape index (κ2) is 6.19. The lowest BCUT2D eigenvalue weighted by molar-refractivity contribution is 0.217. The highest BCUT2D eigenvalue weighted by molar-refractivity contribution is 4.90. The molecule has 0 radical (unpaired) electrons. The van der Waals surface area contributed by atoms with Gasteiger partial charge in [0.25, 0.3) is 0 Å². The molecule has 1 N–H and O–H groups in total. The largest absolute Gasteiger partial charge is 0.314 e. The SMILES string of the molecule is CC(C)NCCCN(C)CC1CC2CCC1C2. The highest BCUT2D eigenvalue weighted by Crippen LogP contribution is 2.48. The van der Waals surface area contributed by atoms with E-state index in [9.17, 15) is 0 Å². The van der Waals surface area contributed by atoms with Crippen molar-refractivity contribution in [3.8, 4) is 0 Å². The molecule has 0 aromatic heterocycles. The first-order chi connectivity index (χ1) is 8.15. The Kier molecular flexibility index (Phi) is 4.87. The molecule has 3 atom stereocenters. The normalized spacial score (nSPS) is 31.9. The van der Waals surface area contributed by atoms with Crippen LogP contribution in [0.3, 0.4) is 0 Å². The van der Waals surface area contributed by atoms with Crippen LogP contribution in [0, 0.1) is 17.8 Å². The highest BCUT2D eigenvalue weighted by atomic mass is 15.1. The lowest BCUT2D eigenvalue weighted by atomic mass is 9.88. The monoisotopic (exact) mass is 238 g/mol. The van der Waals surface area contributed by atoms with Crippen LogP contribution in [-0.2, 0) is 0 Å². The van der Waals surface area contributed by atoms with Crippen molar-refractivity contribution in [3.63, 3.8) is 0 Å². The third kappa shape index (κ3) is 3.96. The van der Waals surface area contributed by atoms with Crippen LogP contribution in [-0.4, -0.2) is 37.6 Å². The van der Waals surface area contributed by atoms with Gasteiger partial charge in [0, 0.05) is 12.6 Å². The Hall–Kier alpha value is -0.0800. The summed E-state index contributed by atoms with van der Waals surface area (Å²) >= 11 is 0. The first-order valence-electron chi connectivity index (χ1n) is 7.57. The van der Waals surface area contributed by atoms with E-state index in [4.69, 9.17) is 0 Å². The molecular weight excluding hydrogens is 208 g/mol. The van der Waals surface area contributed by atoms with Crippen LogP contribution in [0.5, 0.6) is 0 Å². The third-order valence-electron chi connectivity index (χ3n) is 4.70. The average Bonchev–Trinajstić information content (AvgIpc) is 2.86. The zero-order chi connectivity index (χ0) is 12.3. The average molecular weight is 238 g/mol. The van der Waals surface area contributed by atoms with E-state index in [-0.39, 0.29) is 0 Å². The maximum absolute atomic E-state index is 3.49. The fraction of sp³-hybridized carbons (Fsp3) is 1.00. The summed E-state index contributed by atoms with van der Waals surface area (Å²) in [6.07, 6.45) is 7.42. The smallest absolute Gasteiger partial charge is 0.00103 e. The van der Waals surface area contributed by atoms with Crippen molar-refractivity contribution in [3.05, 3.63) is 0 Å². The molecule has 2 fully saturated rings. The topological polar surface area (TPSA) is 15.3 Å². The summed E-state index contributed by atoms with van der Waals surface area (Å²) in [6, 6.07) is 0.630. The van der Waals surface area contributed by atoms with E-state index in [0.717, 1.165) is 17.8 Å². The van der Waals surface area contributed by atoms with Gasteiger partial charge >= 0.3 is 0 Å². The van der Waals surface area contributed by atoms with Crippen LogP contribution in [0.15, 0.2) is 0 Å². The van der Waals surface area contributed by atoms with Gasteiger partial charge in [-0.15, -0.1) is 0 Å². The molecule has 2 saturated carbocycles. The van der Waals surface area contributed by atoms with Gasteiger partial charge in [-0.2, -0.15) is 0 Å². The molecule has 0 aliphatic heterocycles. The number of hydrogen-bond acceptors (Lipinski definition) is 2. The van der Waals surface area contributed by atoms with Crippen molar-refractivity contribution in [2.45, 2.75) is 52.0 Å². The Morgan fingerprint density at radius 3 is 2.65 bits per heavy atom. The zero-order valence-electron chi connectivity index (χ0n) is 11.9. The van der Waals surface area contributed by atoms with Crippen LogP contribution in [0.2, 0.25) is 0 Å². The zero-order valence-corrected chi connectivity index (χ0v) is 11.9. The molecule has 0 aromatic rings. The minimum absolute atomic E-state index is 0.630. The highest BCUT2D eigenvalue weighted by Gasteiger charge is 2.39. The van der Waals surface area contributed by atoms with Crippen molar-refractivity contribution in [1.82, 2.24) is 10.2 Å². The van der Waals surface area contributed by atoms with E-state index >= 15 is 0 Å². The summed E-state index contributed by atoms with van der Waals surface area (Å²) in [6.45, 7) is 8.22. The van der Waals surface area contributed by atoms with Gasteiger partial charge in [-0.3, -0.25) is 0 Å². The van der Waals surface area contributed by atoms with Crippen LogP contribution < -0.4 is 5.32 Å². The number of rotatable bonds is 7. The summed E-state index contributed by atoms with van der Waals surface area (Å²) in [4.78, 5) is 2.56. The summed E-state index contributed by atoms with van der Waals surface area (Å²) in [7, 11) is 2.31. The number of fused-ring (bicyclic) bond motifs is 2. The molecule has 0 amide bonds. The van der Waals surface area contributed by atoms with Crippen molar-refractivity contribution < 1.29 is 0 Å². The predicted molar refractivity (Wildman–Crippen MR) is 74.2 cm³/mol. The number of hydrogen-bond donors (Lipinski definition) is 1. The lowest BCUT2D eigenvalue weighted by Crippen LogP contribution is -2.32. The van der Waals surface area contributed by atoms with Crippen LogP contribution in [0.1, 0.15) is 46.0 Å².